The Labute approximate surface area is 121 Å². The Morgan fingerprint density at radius 1 is 1.61 bits per heavy atom. The van der Waals surface area contributed by atoms with Gasteiger partial charge in [-0.1, -0.05) is 6.92 Å². The summed E-state index contributed by atoms with van der Waals surface area (Å²) in [5.74, 6) is 0.865. The van der Waals surface area contributed by atoms with Crippen molar-refractivity contribution < 1.29 is 8.42 Å². The third-order valence-electron chi connectivity index (χ3n) is 3.35. The number of thiophene rings is 1. The first kappa shape index (κ1) is 14.5. The SMILES string of the molecule is CCNC(c1cc(C)c(Br)s1)C1CCS(=O)(=O)C1. The van der Waals surface area contributed by atoms with Crippen molar-refractivity contribution in [2.24, 2.45) is 5.92 Å². The second kappa shape index (κ2) is 5.61. The Morgan fingerprint density at radius 2 is 2.33 bits per heavy atom. The molecule has 0 radical (unpaired) electrons. The summed E-state index contributed by atoms with van der Waals surface area (Å²) in [7, 11) is -2.82. The molecule has 1 aliphatic rings. The normalized spacial score (nSPS) is 24.3. The van der Waals surface area contributed by atoms with Gasteiger partial charge in [-0.3, -0.25) is 0 Å². The molecule has 3 nitrogen and oxygen atoms in total. The minimum Gasteiger partial charge on any atom is -0.309 e. The van der Waals surface area contributed by atoms with E-state index >= 15 is 0 Å². The summed E-state index contributed by atoms with van der Waals surface area (Å²) in [5.41, 5.74) is 1.22. The fraction of sp³-hybridized carbons (Fsp3) is 0.667. The molecular weight excluding hydrogens is 334 g/mol. The number of halogens is 1. The summed E-state index contributed by atoms with van der Waals surface area (Å²) in [5, 5.41) is 3.44. The molecule has 6 heteroatoms. The molecule has 2 atom stereocenters. The number of nitrogens with one attached hydrogen (secondary N) is 1. The minimum atomic E-state index is -2.82. The van der Waals surface area contributed by atoms with Crippen molar-refractivity contribution in [3.63, 3.8) is 0 Å². The number of sulfone groups is 1. The second-order valence-electron chi connectivity index (χ2n) is 4.80. The molecule has 0 bridgehead atoms. The van der Waals surface area contributed by atoms with Crippen molar-refractivity contribution >= 4 is 37.1 Å². The van der Waals surface area contributed by atoms with E-state index in [0.29, 0.717) is 11.5 Å². The van der Waals surface area contributed by atoms with E-state index in [1.165, 1.54) is 10.4 Å². The van der Waals surface area contributed by atoms with Gasteiger partial charge in [0.2, 0.25) is 0 Å². The molecule has 1 N–H and O–H groups in total. The molecule has 0 amide bonds. The highest BCUT2D eigenvalue weighted by atomic mass is 79.9. The Morgan fingerprint density at radius 3 is 2.78 bits per heavy atom. The maximum absolute atomic E-state index is 11.6. The Kier molecular flexibility index (Phi) is 4.52. The van der Waals surface area contributed by atoms with Gasteiger partial charge in [-0.15, -0.1) is 11.3 Å². The lowest BCUT2D eigenvalue weighted by Crippen LogP contribution is -2.28. The van der Waals surface area contributed by atoms with E-state index in [2.05, 4.69) is 41.2 Å². The van der Waals surface area contributed by atoms with Crippen LogP contribution in [0.15, 0.2) is 9.85 Å². The van der Waals surface area contributed by atoms with E-state index in [-0.39, 0.29) is 12.0 Å². The van der Waals surface area contributed by atoms with E-state index in [0.717, 1.165) is 16.8 Å². The molecule has 0 saturated carbocycles. The number of hydrogen-bond donors (Lipinski definition) is 1. The van der Waals surface area contributed by atoms with Gasteiger partial charge in [0.15, 0.2) is 9.84 Å². The van der Waals surface area contributed by atoms with E-state index < -0.39 is 9.84 Å². The van der Waals surface area contributed by atoms with Crippen LogP contribution in [0.4, 0.5) is 0 Å². The lowest BCUT2D eigenvalue weighted by Gasteiger charge is -2.22. The summed E-state index contributed by atoms with van der Waals surface area (Å²) in [6, 6.07) is 2.33. The molecule has 2 heterocycles. The van der Waals surface area contributed by atoms with Crippen LogP contribution in [0.5, 0.6) is 0 Å². The smallest absolute Gasteiger partial charge is 0.150 e. The Balaban J connectivity index is 2.23. The maximum atomic E-state index is 11.6. The van der Waals surface area contributed by atoms with E-state index in [1.807, 2.05) is 0 Å². The van der Waals surface area contributed by atoms with Crippen molar-refractivity contribution in [3.05, 3.63) is 20.3 Å². The highest BCUT2D eigenvalue weighted by Crippen LogP contribution is 2.38. The average molecular weight is 352 g/mol. The van der Waals surface area contributed by atoms with E-state index in [9.17, 15) is 8.42 Å². The molecular formula is C12H18BrNO2S2. The summed E-state index contributed by atoms with van der Waals surface area (Å²) in [4.78, 5) is 1.24. The van der Waals surface area contributed by atoms with Crippen molar-refractivity contribution in [1.29, 1.82) is 0 Å². The van der Waals surface area contributed by atoms with Crippen LogP contribution in [0.3, 0.4) is 0 Å². The molecule has 2 unspecified atom stereocenters. The summed E-state index contributed by atoms with van der Waals surface area (Å²) >= 11 is 5.25. The largest absolute Gasteiger partial charge is 0.309 e. The van der Waals surface area contributed by atoms with Crippen molar-refractivity contribution in [1.82, 2.24) is 5.32 Å². The summed E-state index contributed by atoms with van der Waals surface area (Å²) < 4.78 is 24.4. The molecule has 1 aromatic heterocycles. The van der Waals surface area contributed by atoms with E-state index in [1.54, 1.807) is 11.3 Å². The van der Waals surface area contributed by atoms with Gasteiger partial charge in [0, 0.05) is 10.9 Å². The molecule has 102 valence electrons. The third kappa shape index (κ3) is 3.15. The van der Waals surface area contributed by atoms with Gasteiger partial charge in [-0.05, 0) is 53.4 Å². The van der Waals surface area contributed by atoms with Gasteiger partial charge in [0.25, 0.3) is 0 Å². The molecule has 1 aromatic rings. The predicted octanol–water partition coefficient (Wildman–Crippen LogP) is 2.90. The third-order valence-corrected chi connectivity index (χ3v) is 7.36. The molecule has 1 fully saturated rings. The fourth-order valence-electron chi connectivity index (χ4n) is 2.44. The Hall–Kier alpha value is 0.0900. The molecule has 0 spiro atoms. The topological polar surface area (TPSA) is 46.2 Å². The second-order valence-corrected chi connectivity index (χ2v) is 9.43. The highest BCUT2D eigenvalue weighted by Gasteiger charge is 2.34. The highest BCUT2D eigenvalue weighted by molar-refractivity contribution is 9.11. The summed E-state index contributed by atoms with van der Waals surface area (Å²) in [6.45, 7) is 4.99. The zero-order valence-corrected chi connectivity index (χ0v) is 13.8. The quantitative estimate of drug-likeness (QED) is 0.906. The fourth-order valence-corrected chi connectivity index (χ4v) is 6.02. The average Bonchev–Trinajstić information content (AvgIpc) is 2.79. The van der Waals surface area contributed by atoms with Crippen LogP contribution in [-0.2, 0) is 9.84 Å². The zero-order chi connectivity index (χ0) is 13.3. The molecule has 0 aromatic carbocycles. The number of aryl methyl sites for hydroxylation is 1. The van der Waals surface area contributed by atoms with Gasteiger partial charge in [0.05, 0.1) is 15.3 Å². The van der Waals surface area contributed by atoms with Crippen molar-refractivity contribution in [2.75, 3.05) is 18.1 Å². The van der Waals surface area contributed by atoms with Crippen LogP contribution in [-0.4, -0.2) is 26.5 Å². The first-order valence-corrected chi connectivity index (χ1v) is 9.55. The lowest BCUT2D eigenvalue weighted by molar-refractivity contribution is 0.406. The van der Waals surface area contributed by atoms with Gasteiger partial charge in [0.1, 0.15) is 0 Å². The van der Waals surface area contributed by atoms with Gasteiger partial charge in [-0.25, -0.2) is 8.42 Å². The monoisotopic (exact) mass is 351 g/mol. The molecule has 18 heavy (non-hydrogen) atoms. The summed E-state index contributed by atoms with van der Waals surface area (Å²) in [6.07, 6.45) is 0.772. The number of hydrogen-bond acceptors (Lipinski definition) is 4. The molecule has 1 aliphatic heterocycles. The van der Waals surface area contributed by atoms with Gasteiger partial charge >= 0.3 is 0 Å². The lowest BCUT2D eigenvalue weighted by atomic mass is 9.97. The van der Waals surface area contributed by atoms with Gasteiger partial charge in [-0.2, -0.15) is 0 Å². The zero-order valence-electron chi connectivity index (χ0n) is 10.6. The van der Waals surface area contributed by atoms with Crippen LogP contribution in [0.25, 0.3) is 0 Å². The van der Waals surface area contributed by atoms with Crippen molar-refractivity contribution in [2.45, 2.75) is 26.3 Å². The van der Waals surface area contributed by atoms with Gasteiger partial charge < -0.3 is 5.32 Å². The van der Waals surface area contributed by atoms with E-state index in [4.69, 9.17) is 0 Å². The predicted molar refractivity (Wildman–Crippen MR) is 79.9 cm³/mol. The Bertz CT molecular complexity index is 505. The molecule has 0 aliphatic carbocycles. The molecule has 2 rings (SSSR count). The van der Waals surface area contributed by atoms with Crippen LogP contribution < -0.4 is 5.32 Å². The minimum absolute atomic E-state index is 0.169. The van der Waals surface area contributed by atoms with Crippen LogP contribution >= 0.6 is 27.3 Å². The maximum Gasteiger partial charge on any atom is 0.150 e. The first-order chi connectivity index (χ1) is 8.43. The van der Waals surface area contributed by atoms with Crippen LogP contribution in [0.2, 0.25) is 0 Å². The number of rotatable bonds is 4. The van der Waals surface area contributed by atoms with Crippen molar-refractivity contribution in [3.8, 4) is 0 Å². The van der Waals surface area contributed by atoms with Crippen LogP contribution in [0, 0.1) is 12.8 Å². The standard InChI is InChI=1S/C12H18BrNO2S2/c1-3-14-11(9-4-5-18(15,16)7-9)10-6-8(2)12(13)17-10/h6,9,11,14H,3-5,7H2,1-2H3. The molecule has 1 saturated heterocycles. The first-order valence-electron chi connectivity index (χ1n) is 6.12. The van der Waals surface area contributed by atoms with Crippen LogP contribution in [0.1, 0.15) is 29.8 Å².